The predicted octanol–water partition coefficient (Wildman–Crippen LogP) is 2.67. The van der Waals surface area contributed by atoms with E-state index in [-0.39, 0.29) is 27.9 Å². The fraction of sp³-hybridized carbons (Fsp3) is 0.133. The first-order chi connectivity index (χ1) is 11.8. The number of aromatic nitrogens is 2. The summed E-state index contributed by atoms with van der Waals surface area (Å²) in [6.07, 6.45) is 0. The van der Waals surface area contributed by atoms with Gasteiger partial charge in [-0.1, -0.05) is 5.16 Å². The molecule has 0 atom stereocenters. The maximum absolute atomic E-state index is 13.0. The van der Waals surface area contributed by atoms with Crippen molar-refractivity contribution < 1.29 is 22.1 Å². The number of benzene rings is 1. The second-order valence-corrected chi connectivity index (χ2v) is 7.61. The van der Waals surface area contributed by atoms with Gasteiger partial charge in [0, 0.05) is 10.9 Å². The van der Waals surface area contributed by atoms with Crippen LogP contribution >= 0.6 is 11.3 Å². The van der Waals surface area contributed by atoms with Crippen LogP contribution in [0.3, 0.4) is 0 Å². The molecule has 0 saturated carbocycles. The summed E-state index contributed by atoms with van der Waals surface area (Å²) < 4.78 is 44.4. The Morgan fingerprint density at radius 2 is 1.92 bits per heavy atom. The van der Waals surface area contributed by atoms with E-state index >= 15 is 0 Å². The molecule has 3 rings (SSSR count). The van der Waals surface area contributed by atoms with Gasteiger partial charge in [0.05, 0.1) is 0 Å². The molecule has 7 nitrogen and oxygen atoms in total. The van der Waals surface area contributed by atoms with Gasteiger partial charge in [0.15, 0.2) is 10.7 Å². The van der Waals surface area contributed by atoms with Crippen molar-refractivity contribution in [3.05, 3.63) is 52.6 Å². The third-order valence-corrected chi connectivity index (χ3v) is 5.76. The van der Waals surface area contributed by atoms with Gasteiger partial charge in [-0.2, -0.15) is 0 Å². The number of halogens is 1. The van der Waals surface area contributed by atoms with Crippen molar-refractivity contribution in [1.82, 2.24) is 14.9 Å². The van der Waals surface area contributed by atoms with Crippen molar-refractivity contribution in [3.63, 3.8) is 0 Å². The summed E-state index contributed by atoms with van der Waals surface area (Å²) in [5.74, 6) is -1.17. The zero-order chi connectivity index (χ0) is 18.2. The fourth-order valence-corrected chi connectivity index (χ4v) is 4.29. The Kier molecular flexibility index (Phi) is 4.39. The molecule has 0 spiro atoms. The van der Waals surface area contributed by atoms with Gasteiger partial charge in [-0.25, -0.2) is 22.5 Å². The molecule has 1 amide bonds. The van der Waals surface area contributed by atoms with Crippen LogP contribution in [0.25, 0.3) is 10.6 Å². The van der Waals surface area contributed by atoms with E-state index in [4.69, 9.17) is 4.52 Å². The number of nitrogens with one attached hydrogen (secondary N) is 1. The Bertz CT molecular complexity index is 1020. The summed E-state index contributed by atoms with van der Waals surface area (Å²) in [5.41, 5.74) is 0.724. The number of aryl methyl sites for hydroxylation is 2. The molecule has 2 aromatic heterocycles. The van der Waals surface area contributed by atoms with Crippen LogP contribution in [-0.2, 0) is 10.0 Å². The summed E-state index contributed by atoms with van der Waals surface area (Å²) in [5, 5.41) is 5.46. The monoisotopic (exact) mass is 381 g/mol. The lowest BCUT2D eigenvalue weighted by Gasteiger charge is -2.04. The summed E-state index contributed by atoms with van der Waals surface area (Å²) >= 11 is 1.15. The molecule has 0 unspecified atom stereocenters. The predicted molar refractivity (Wildman–Crippen MR) is 88.1 cm³/mol. The van der Waals surface area contributed by atoms with E-state index in [0.717, 1.165) is 11.3 Å². The van der Waals surface area contributed by atoms with E-state index in [1.54, 1.807) is 0 Å². The molecule has 1 N–H and O–H groups in total. The molecule has 0 fully saturated rings. The second-order valence-electron chi connectivity index (χ2n) is 5.13. The van der Waals surface area contributed by atoms with E-state index in [9.17, 15) is 17.6 Å². The molecular formula is C15H12FN3O4S2. The third-order valence-electron chi connectivity index (χ3n) is 3.29. The Morgan fingerprint density at radius 3 is 2.52 bits per heavy atom. The number of hydrogen-bond donors (Lipinski definition) is 1. The van der Waals surface area contributed by atoms with Crippen LogP contribution in [0.1, 0.15) is 21.9 Å². The minimum Gasteiger partial charge on any atom is -0.360 e. The molecule has 25 heavy (non-hydrogen) atoms. The van der Waals surface area contributed by atoms with Crippen LogP contribution in [0.5, 0.6) is 0 Å². The van der Waals surface area contributed by atoms with Crippen molar-refractivity contribution >= 4 is 27.3 Å². The lowest BCUT2D eigenvalue weighted by atomic mass is 10.2. The quantitative estimate of drug-likeness (QED) is 0.745. The largest absolute Gasteiger partial charge is 0.360 e. The van der Waals surface area contributed by atoms with Gasteiger partial charge in [0.1, 0.15) is 22.2 Å². The summed E-state index contributed by atoms with van der Waals surface area (Å²) in [7, 11) is -4.13. The first-order valence-corrected chi connectivity index (χ1v) is 9.35. The molecule has 130 valence electrons. The summed E-state index contributed by atoms with van der Waals surface area (Å²) in [6, 6.07) is 5.60. The van der Waals surface area contributed by atoms with Crippen LogP contribution in [-0.4, -0.2) is 24.5 Å². The van der Waals surface area contributed by atoms with Gasteiger partial charge in [-0.15, -0.1) is 11.3 Å². The number of rotatable bonds is 4. The molecular weight excluding hydrogens is 369 g/mol. The number of sulfonamides is 1. The highest BCUT2D eigenvalue weighted by molar-refractivity contribution is 7.90. The van der Waals surface area contributed by atoms with E-state index in [1.807, 2.05) is 4.72 Å². The molecule has 0 bridgehead atoms. The maximum atomic E-state index is 13.0. The zero-order valence-corrected chi connectivity index (χ0v) is 14.7. The van der Waals surface area contributed by atoms with Crippen LogP contribution in [0.4, 0.5) is 4.39 Å². The number of thiazole rings is 1. The smallest absolute Gasteiger partial charge is 0.284 e. The minimum atomic E-state index is -4.13. The molecule has 0 radical (unpaired) electrons. The van der Waals surface area contributed by atoms with Crippen molar-refractivity contribution in [3.8, 4) is 10.6 Å². The van der Waals surface area contributed by atoms with E-state index in [1.165, 1.54) is 43.5 Å². The van der Waals surface area contributed by atoms with E-state index < -0.39 is 15.9 Å². The molecule has 10 heteroatoms. The average Bonchev–Trinajstić information content (AvgIpc) is 3.15. The van der Waals surface area contributed by atoms with Crippen molar-refractivity contribution in [2.75, 3.05) is 0 Å². The average molecular weight is 381 g/mol. The number of nitrogens with zero attached hydrogens (tertiary/aromatic N) is 2. The van der Waals surface area contributed by atoms with Crippen molar-refractivity contribution in [2.24, 2.45) is 0 Å². The first-order valence-electron chi connectivity index (χ1n) is 6.99. The lowest BCUT2D eigenvalue weighted by molar-refractivity contribution is 0.0977. The molecule has 0 aliphatic carbocycles. The van der Waals surface area contributed by atoms with Crippen LogP contribution in [0.2, 0.25) is 0 Å². The maximum Gasteiger partial charge on any atom is 0.284 e. The molecule has 0 saturated heterocycles. The van der Waals surface area contributed by atoms with Crippen LogP contribution in [0.15, 0.2) is 39.1 Å². The van der Waals surface area contributed by atoms with Crippen molar-refractivity contribution in [1.29, 1.82) is 0 Å². The molecule has 1 aromatic carbocycles. The molecule has 3 aromatic rings. The van der Waals surface area contributed by atoms with Gasteiger partial charge in [-0.05, 0) is 38.1 Å². The zero-order valence-electron chi connectivity index (χ0n) is 13.1. The van der Waals surface area contributed by atoms with Crippen LogP contribution in [0, 0.1) is 19.7 Å². The number of carbonyl (C=O) groups excluding carboxylic acids is 1. The molecule has 0 aliphatic heterocycles. The van der Waals surface area contributed by atoms with Crippen molar-refractivity contribution in [2.45, 2.75) is 18.7 Å². The Labute approximate surface area is 146 Å². The Hall–Kier alpha value is -2.59. The minimum absolute atomic E-state index is 0.0559. The number of carbonyl (C=O) groups is 1. The highest BCUT2D eigenvalue weighted by Gasteiger charge is 2.27. The summed E-state index contributed by atoms with van der Waals surface area (Å²) in [6.45, 7) is 2.90. The third kappa shape index (κ3) is 3.44. The second kappa shape index (κ2) is 6.37. The summed E-state index contributed by atoms with van der Waals surface area (Å²) in [4.78, 5) is 16.1. The number of amides is 1. The first kappa shape index (κ1) is 17.2. The molecule has 2 heterocycles. The Balaban J connectivity index is 1.84. The van der Waals surface area contributed by atoms with Gasteiger partial charge >= 0.3 is 0 Å². The lowest BCUT2D eigenvalue weighted by Crippen LogP contribution is -2.31. The van der Waals surface area contributed by atoms with Crippen LogP contribution < -0.4 is 4.72 Å². The SMILES string of the molecule is Cc1noc(C)c1S(=O)(=O)NC(=O)c1csc(-c2ccc(F)cc2)n1. The van der Waals surface area contributed by atoms with E-state index in [0.29, 0.717) is 10.6 Å². The van der Waals surface area contributed by atoms with Gasteiger partial charge in [-0.3, -0.25) is 4.79 Å². The standard InChI is InChI=1S/C15H12FN3O4S2/c1-8-13(9(2)23-18-8)25(21,22)19-14(20)12-7-24-15(17-12)10-3-5-11(16)6-4-10/h3-7H,1-2H3,(H,19,20). The number of hydrogen-bond acceptors (Lipinski definition) is 7. The van der Waals surface area contributed by atoms with E-state index in [2.05, 4.69) is 10.1 Å². The highest BCUT2D eigenvalue weighted by Crippen LogP contribution is 2.24. The van der Waals surface area contributed by atoms with Gasteiger partial charge < -0.3 is 4.52 Å². The highest BCUT2D eigenvalue weighted by atomic mass is 32.2. The topological polar surface area (TPSA) is 102 Å². The fourth-order valence-electron chi connectivity index (χ4n) is 2.19. The normalized spacial score (nSPS) is 11.5. The molecule has 0 aliphatic rings. The Morgan fingerprint density at radius 1 is 1.24 bits per heavy atom. The van der Waals surface area contributed by atoms with Gasteiger partial charge in [0.2, 0.25) is 0 Å². The van der Waals surface area contributed by atoms with Gasteiger partial charge in [0.25, 0.3) is 15.9 Å².